The quantitative estimate of drug-likeness (QED) is 0.789. The summed E-state index contributed by atoms with van der Waals surface area (Å²) < 4.78 is 51.3. The highest BCUT2D eigenvalue weighted by Crippen LogP contribution is 2.24. The molecule has 0 saturated heterocycles. The van der Waals surface area contributed by atoms with Crippen molar-refractivity contribution in [1.29, 1.82) is 0 Å². The van der Waals surface area contributed by atoms with Gasteiger partial charge in [-0.05, 0) is 31.0 Å². The maximum atomic E-state index is 13.3. The third-order valence-electron chi connectivity index (χ3n) is 2.42. The third-order valence-corrected chi connectivity index (χ3v) is 2.42. The fraction of sp³-hybridized carbons (Fsp3) is 0.500. The lowest BCUT2D eigenvalue weighted by atomic mass is 10.0. The molecule has 0 aliphatic carbocycles. The van der Waals surface area contributed by atoms with E-state index in [9.17, 15) is 17.6 Å². The van der Waals surface area contributed by atoms with Crippen molar-refractivity contribution in [1.82, 2.24) is 5.32 Å². The summed E-state index contributed by atoms with van der Waals surface area (Å²) in [5.74, 6) is -0.597. The van der Waals surface area contributed by atoms with Crippen LogP contribution in [0.1, 0.15) is 18.9 Å². The van der Waals surface area contributed by atoms with Gasteiger partial charge in [0.1, 0.15) is 11.9 Å². The Kier molecular flexibility index (Phi) is 4.93. The van der Waals surface area contributed by atoms with E-state index in [0.29, 0.717) is 6.42 Å². The zero-order valence-electron chi connectivity index (χ0n) is 9.52. The van der Waals surface area contributed by atoms with Crippen molar-refractivity contribution >= 4 is 0 Å². The minimum absolute atomic E-state index is 0.0819. The van der Waals surface area contributed by atoms with Crippen molar-refractivity contribution in [2.24, 2.45) is 0 Å². The summed E-state index contributed by atoms with van der Waals surface area (Å²) >= 11 is 0. The molecule has 17 heavy (non-hydrogen) atoms. The van der Waals surface area contributed by atoms with Gasteiger partial charge in [0.05, 0.1) is 0 Å². The van der Waals surface area contributed by atoms with Gasteiger partial charge in [-0.25, -0.2) is 4.39 Å². The average Bonchev–Trinajstić information content (AvgIpc) is 2.25. The molecular formula is C12H15F4N. The highest BCUT2D eigenvalue weighted by Gasteiger charge is 2.39. The number of rotatable bonds is 5. The first-order chi connectivity index (χ1) is 7.95. The Morgan fingerprint density at radius 2 is 1.88 bits per heavy atom. The van der Waals surface area contributed by atoms with E-state index < -0.39 is 18.0 Å². The first-order valence-corrected chi connectivity index (χ1v) is 5.48. The summed E-state index contributed by atoms with van der Waals surface area (Å²) in [6, 6.07) is 3.84. The largest absolute Gasteiger partial charge is 0.404 e. The molecule has 1 aromatic rings. The molecule has 0 aliphatic heterocycles. The molecule has 1 atom stereocenters. The second kappa shape index (κ2) is 6.00. The summed E-state index contributed by atoms with van der Waals surface area (Å²) in [7, 11) is 0. The molecule has 0 radical (unpaired) electrons. The lowest BCUT2D eigenvalue weighted by Crippen LogP contribution is -2.44. The Balaban J connectivity index is 2.76. The molecular weight excluding hydrogens is 234 g/mol. The van der Waals surface area contributed by atoms with Crippen LogP contribution in [0.4, 0.5) is 17.6 Å². The molecule has 0 aromatic heterocycles. The van der Waals surface area contributed by atoms with Gasteiger partial charge in [-0.3, -0.25) is 0 Å². The van der Waals surface area contributed by atoms with Gasteiger partial charge in [0.2, 0.25) is 0 Å². The Hall–Kier alpha value is -1.10. The summed E-state index contributed by atoms with van der Waals surface area (Å²) in [5.41, 5.74) is 0.0819. The van der Waals surface area contributed by atoms with Crippen molar-refractivity contribution < 1.29 is 17.6 Å². The maximum Gasteiger partial charge on any atom is 0.404 e. The van der Waals surface area contributed by atoms with Crippen LogP contribution in [0.25, 0.3) is 0 Å². The SMILES string of the molecule is CCCNC(Cc1ccccc1F)C(F)(F)F. The minimum atomic E-state index is -4.36. The van der Waals surface area contributed by atoms with Crippen LogP contribution in [-0.2, 0) is 6.42 Å². The number of nitrogens with one attached hydrogen (secondary N) is 1. The van der Waals surface area contributed by atoms with E-state index in [0.717, 1.165) is 0 Å². The first-order valence-electron chi connectivity index (χ1n) is 5.48. The molecule has 0 amide bonds. The van der Waals surface area contributed by atoms with Gasteiger partial charge >= 0.3 is 6.18 Å². The number of alkyl halides is 3. The van der Waals surface area contributed by atoms with Crippen LogP contribution in [0.5, 0.6) is 0 Å². The molecule has 0 aliphatic rings. The van der Waals surface area contributed by atoms with Gasteiger partial charge < -0.3 is 5.32 Å². The van der Waals surface area contributed by atoms with E-state index in [1.165, 1.54) is 24.3 Å². The van der Waals surface area contributed by atoms with E-state index in [1.807, 2.05) is 0 Å². The van der Waals surface area contributed by atoms with E-state index >= 15 is 0 Å². The lowest BCUT2D eigenvalue weighted by molar-refractivity contribution is -0.155. The molecule has 0 saturated carbocycles. The van der Waals surface area contributed by atoms with Crippen LogP contribution in [0.15, 0.2) is 24.3 Å². The van der Waals surface area contributed by atoms with E-state index in [4.69, 9.17) is 0 Å². The standard InChI is InChI=1S/C12H15F4N/c1-2-7-17-11(12(14,15)16)8-9-5-3-4-6-10(9)13/h3-6,11,17H,2,7-8H2,1H3. The van der Waals surface area contributed by atoms with Gasteiger partial charge in [0.25, 0.3) is 0 Å². The van der Waals surface area contributed by atoms with Crippen LogP contribution in [0.3, 0.4) is 0 Å². The van der Waals surface area contributed by atoms with Gasteiger partial charge in [0.15, 0.2) is 0 Å². The highest BCUT2D eigenvalue weighted by molar-refractivity contribution is 5.18. The Morgan fingerprint density at radius 3 is 2.41 bits per heavy atom. The summed E-state index contributed by atoms with van der Waals surface area (Å²) in [6.07, 6.45) is -4.14. The average molecular weight is 249 g/mol. The molecule has 1 unspecified atom stereocenters. The zero-order chi connectivity index (χ0) is 12.9. The Labute approximate surface area is 97.8 Å². The van der Waals surface area contributed by atoms with Crippen molar-refractivity contribution in [2.45, 2.75) is 32.0 Å². The molecule has 1 rings (SSSR count). The van der Waals surface area contributed by atoms with Gasteiger partial charge in [0, 0.05) is 0 Å². The number of halogens is 4. The minimum Gasteiger partial charge on any atom is -0.306 e. The van der Waals surface area contributed by atoms with Crippen LogP contribution >= 0.6 is 0 Å². The third kappa shape index (κ3) is 4.34. The number of hydrogen-bond acceptors (Lipinski definition) is 1. The van der Waals surface area contributed by atoms with E-state index in [-0.39, 0.29) is 18.5 Å². The second-order valence-electron chi connectivity index (χ2n) is 3.84. The summed E-state index contributed by atoms with van der Waals surface area (Å²) in [4.78, 5) is 0. The van der Waals surface area contributed by atoms with Crippen LogP contribution in [0.2, 0.25) is 0 Å². The smallest absolute Gasteiger partial charge is 0.306 e. The van der Waals surface area contributed by atoms with Crippen molar-refractivity contribution in [3.8, 4) is 0 Å². The molecule has 1 N–H and O–H groups in total. The fourth-order valence-corrected chi connectivity index (χ4v) is 1.51. The van der Waals surface area contributed by atoms with Crippen LogP contribution < -0.4 is 5.32 Å². The molecule has 1 aromatic carbocycles. The molecule has 96 valence electrons. The predicted octanol–water partition coefficient (Wildman–Crippen LogP) is 3.30. The van der Waals surface area contributed by atoms with E-state index in [2.05, 4.69) is 5.32 Å². The van der Waals surface area contributed by atoms with Crippen molar-refractivity contribution in [3.63, 3.8) is 0 Å². The topological polar surface area (TPSA) is 12.0 Å². The zero-order valence-corrected chi connectivity index (χ0v) is 9.52. The number of hydrogen-bond donors (Lipinski definition) is 1. The van der Waals surface area contributed by atoms with Gasteiger partial charge in [-0.1, -0.05) is 25.1 Å². The molecule has 1 nitrogen and oxygen atoms in total. The number of benzene rings is 1. The van der Waals surface area contributed by atoms with Gasteiger partial charge in [-0.2, -0.15) is 13.2 Å². The summed E-state index contributed by atoms with van der Waals surface area (Å²) in [5, 5.41) is 2.39. The maximum absolute atomic E-state index is 13.3. The molecule has 0 bridgehead atoms. The monoisotopic (exact) mass is 249 g/mol. The molecule has 5 heteroatoms. The Morgan fingerprint density at radius 1 is 1.24 bits per heavy atom. The normalized spacial score (nSPS) is 13.7. The van der Waals surface area contributed by atoms with Crippen molar-refractivity contribution in [2.75, 3.05) is 6.54 Å². The Bertz CT molecular complexity index is 349. The van der Waals surface area contributed by atoms with Gasteiger partial charge in [-0.15, -0.1) is 0 Å². The molecule has 0 fully saturated rings. The van der Waals surface area contributed by atoms with Crippen LogP contribution in [-0.4, -0.2) is 18.8 Å². The fourth-order valence-electron chi connectivity index (χ4n) is 1.51. The summed E-state index contributed by atoms with van der Waals surface area (Å²) in [6.45, 7) is 2.04. The van der Waals surface area contributed by atoms with Crippen molar-refractivity contribution in [3.05, 3.63) is 35.6 Å². The highest BCUT2D eigenvalue weighted by atomic mass is 19.4. The molecule has 0 spiro atoms. The lowest BCUT2D eigenvalue weighted by Gasteiger charge is -2.21. The van der Waals surface area contributed by atoms with Crippen LogP contribution in [0, 0.1) is 5.82 Å². The van der Waals surface area contributed by atoms with E-state index in [1.54, 1.807) is 6.92 Å². The first kappa shape index (κ1) is 14.0. The second-order valence-corrected chi connectivity index (χ2v) is 3.84. The predicted molar refractivity (Wildman–Crippen MR) is 58.2 cm³/mol. The molecule has 0 heterocycles.